The maximum absolute atomic E-state index is 14.5. The smallest absolute Gasteiger partial charge is 0.358 e. The molecule has 0 unspecified atom stereocenters. The Morgan fingerprint density at radius 2 is 2.04 bits per heavy atom. The summed E-state index contributed by atoms with van der Waals surface area (Å²) in [5, 5.41) is 16.1. The zero-order chi connectivity index (χ0) is 17.6. The van der Waals surface area contributed by atoms with E-state index >= 15 is 0 Å². The van der Waals surface area contributed by atoms with Gasteiger partial charge in [0.1, 0.15) is 12.4 Å². The number of hydrogen-bond donors (Lipinski definition) is 1. The molecule has 0 saturated heterocycles. The van der Waals surface area contributed by atoms with Gasteiger partial charge in [0.2, 0.25) is 5.91 Å². The summed E-state index contributed by atoms with van der Waals surface area (Å²) in [6.45, 7) is 0.328. The Bertz CT molecular complexity index is 857. The SMILES string of the molecule is O=C(O)c1cn(CC(=O)N2CC3(CCCC3)c3c(F)cccc32)nn1. The molecule has 1 saturated carbocycles. The number of nitrogens with zero attached hydrogens (tertiary/aromatic N) is 4. The number of carbonyl (C=O) groups is 2. The van der Waals surface area contributed by atoms with E-state index in [2.05, 4.69) is 10.3 Å². The third-order valence-corrected chi connectivity index (χ3v) is 5.19. The second-order valence-electron chi connectivity index (χ2n) is 6.71. The summed E-state index contributed by atoms with van der Waals surface area (Å²) in [5.41, 5.74) is 0.745. The lowest BCUT2D eigenvalue weighted by Crippen LogP contribution is -2.37. The largest absolute Gasteiger partial charge is 0.476 e. The molecule has 1 aromatic heterocycles. The molecule has 7 nitrogen and oxygen atoms in total. The van der Waals surface area contributed by atoms with E-state index in [9.17, 15) is 14.0 Å². The molecule has 1 aliphatic carbocycles. The van der Waals surface area contributed by atoms with E-state index < -0.39 is 5.97 Å². The molecule has 2 aliphatic rings. The molecule has 2 heterocycles. The number of fused-ring (bicyclic) bond motifs is 2. The summed E-state index contributed by atoms with van der Waals surface area (Å²) in [6, 6.07) is 4.83. The summed E-state index contributed by atoms with van der Waals surface area (Å²) in [6.07, 6.45) is 5.02. The number of hydrogen-bond acceptors (Lipinski definition) is 4. The molecule has 0 bridgehead atoms. The van der Waals surface area contributed by atoms with Gasteiger partial charge in [0.15, 0.2) is 5.69 Å². The fourth-order valence-electron chi connectivity index (χ4n) is 4.11. The number of carboxylic acid groups (broad SMARTS) is 1. The standard InChI is InChI=1S/C17H17FN4O3/c18-11-4-3-5-13-15(11)17(6-1-2-7-17)10-22(13)14(23)9-21-8-12(16(24)25)19-20-21/h3-5,8H,1-2,6-7,9-10H2,(H,24,25). The van der Waals surface area contributed by atoms with Crippen LogP contribution in [0.1, 0.15) is 41.7 Å². The summed E-state index contributed by atoms with van der Waals surface area (Å²) >= 11 is 0. The van der Waals surface area contributed by atoms with Crippen LogP contribution in [0.15, 0.2) is 24.4 Å². The molecule has 4 rings (SSSR count). The van der Waals surface area contributed by atoms with Crippen LogP contribution < -0.4 is 4.90 Å². The lowest BCUT2D eigenvalue weighted by molar-refractivity contribution is -0.119. The van der Waals surface area contributed by atoms with Crippen molar-refractivity contribution in [2.75, 3.05) is 11.4 Å². The van der Waals surface area contributed by atoms with Crippen molar-refractivity contribution < 1.29 is 19.1 Å². The highest BCUT2D eigenvalue weighted by molar-refractivity contribution is 5.96. The van der Waals surface area contributed by atoms with Crippen molar-refractivity contribution in [3.05, 3.63) is 41.5 Å². The molecule has 1 spiro atoms. The predicted molar refractivity (Wildman–Crippen MR) is 85.9 cm³/mol. The third-order valence-electron chi connectivity index (χ3n) is 5.19. The Morgan fingerprint density at radius 3 is 2.72 bits per heavy atom. The van der Waals surface area contributed by atoms with Gasteiger partial charge in [0, 0.05) is 17.5 Å². The second-order valence-corrected chi connectivity index (χ2v) is 6.71. The first-order chi connectivity index (χ1) is 12.0. The quantitative estimate of drug-likeness (QED) is 0.920. The monoisotopic (exact) mass is 344 g/mol. The van der Waals surface area contributed by atoms with Gasteiger partial charge in [0.05, 0.1) is 11.9 Å². The minimum Gasteiger partial charge on any atom is -0.476 e. The molecule has 25 heavy (non-hydrogen) atoms. The molecule has 0 radical (unpaired) electrons. The summed E-state index contributed by atoms with van der Waals surface area (Å²) < 4.78 is 15.7. The van der Waals surface area contributed by atoms with Crippen molar-refractivity contribution in [1.29, 1.82) is 0 Å². The van der Waals surface area contributed by atoms with E-state index in [-0.39, 0.29) is 29.4 Å². The van der Waals surface area contributed by atoms with Crippen LogP contribution in [-0.2, 0) is 16.8 Å². The van der Waals surface area contributed by atoms with Crippen LogP contribution >= 0.6 is 0 Å². The molecule has 1 N–H and O–H groups in total. The summed E-state index contributed by atoms with van der Waals surface area (Å²) in [5.74, 6) is -1.71. The van der Waals surface area contributed by atoms with E-state index in [0.717, 1.165) is 25.7 Å². The average molecular weight is 344 g/mol. The summed E-state index contributed by atoms with van der Waals surface area (Å²) in [7, 11) is 0. The number of benzene rings is 1. The van der Waals surface area contributed by atoms with Gasteiger partial charge in [-0.25, -0.2) is 13.9 Å². The highest BCUT2D eigenvalue weighted by Gasteiger charge is 2.47. The normalized spacial score (nSPS) is 17.9. The van der Waals surface area contributed by atoms with Crippen LogP contribution in [-0.4, -0.2) is 38.5 Å². The lowest BCUT2D eigenvalue weighted by atomic mass is 9.80. The van der Waals surface area contributed by atoms with Crippen molar-refractivity contribution in [1.82, 2.24) is 15.0 Å². The maximum atomic E-state index is 14.5. The molecule has 1 aromatic carbocycles. The predicted octanol–water partition coefficient (Wildman–Crippen LogP) is 1.97. The minimum atomic E-state index is -1.20. The second kappa shape index (κ2) is 5.65. The topological polar surface area (TPSA) is 88.3 Å². The number of aromatic nitrogens is 3. The molecule has 8 heteroatoms. The van der Waals surface area contributed by atoms with Gasteiger partial charge >= 0.3 is 5.97 Å². The lowest BCUT2D eigenvalue weighted by Gasteiger charge is -2.24. The Hall–Kier alpha value is -2.77. The van der Waals surface area contributed by atoms with E-state index in [0.29, 0.717) is 17.8 Å². The van der Waals surface area contributed by atoms with Crippen LogP contribution in [0, 0.1) is 5.82 Å². The van der Waals surface area contributed by atoms with Gasteiger partial charge in [0.25, 0.3) is 0 Å². The Labute approximate surface area is 143 Å². The molecule has 1 fully saturated rings. The molecule has 0 atom stereocenters. The molecular weight excluding hydrogens is 327 g/mol. The van der Waals surface area contributed by atoms with E-state index in [4.69, 9.17) is 5.11 Å². The van der Waals surface area contributed by atoms with Crippen molar-refractivity contribution in [3.8, 4) is 0 Å². The van der Waals surface area contributed by atoms with Gasteiger partial charge in [-0.15, -0.1) is 5.10 Å². The van der Waals surface area contributed by atoms with Crippen LogP contribution in [0.3, 0.4) is 0 Å². The van der Waals surface area contributed by atoms with Gasteiger partial charge < -0.3 is 10.0 Å². The van der Waals surface area contributed by atoms with Gasteiger partial charge in [-0.05, 0) is 25.0 Å². The number of halogens is 1. The van der Waals surface area contributed by atoms with Crippen LogP contribution in [0.4, 0.5) is 10.1 Å². The first kappa shape index (κ1) is 15.7. The first-order valence-electron chi connectivity index (χ1n) is 8.23. The van der Waals surface area contributed by atoms with Crippen LogP contribution in [0.2, 0.25) is 0 Å². The fourth-order valence-corrected chi connectivity index (χ4v) is 4.11. The highest BCUT2D eigenvalue weighted by atomic mass is 19.1. The number of carboxylic acids is 1. The Balaban J connectivity index is 1.63. The van der Waals surface area contributed by atoms with Gasteiger partial charge in [-0.1, -0.05) is 24.1 Å². The molecule has 1 amide bonds. The number of aromatic carboxylic acids is 1. The number of anilines is 1. The molecule has 130 valence electrons. The number of amides is 1. The average Bonchev–Trinajstić information content (AvgIpc) is 3.28. The third kappa shape index (κ3) is 2.48. The Kier molecular flexibility index (Phi) is 3.55. The Morgan fingerprint density at radius 1 is 1.28 bits per heavy atom. The number of carbonyl (C=O) groups excluding carboxylic acids is 1. The van der Waals surface area contributed by atoms with Crippen molar-refractivity contribution in [3.63, 3.8) is 0 Å². The first-order valence-corrected chi connectivity index (χ1v) is 8.23. The number of rotatable bonds is 3. The van der Waals surface area contributed by atoms with Crippen LogP contribution in [0.5, 0.6) is 0 Å². The van der Waals surface area contributed by atoms with Crippen molar-refractivity contribution in [2.24, 2.45) is 0 Å². The zero-order valence-corrected chi connectivity index (χ0v) is 13.5. The maximum Gasteiger partial charge on any atom is 0.358 e. The minimum absolute atomic E-state index is 0.133. The van der Waals surface area contributed by atoms with Gasteiger partial charge in [-0.2, -0.15) is 0 Å². The van der Waals surface area contributed by atoms with Crippen molar-refractivity contribution >= 4 is 17.6 Å². The molecule has 1 aliphatic heterocycles. The van der Waals surface area contributed by atoms with Crippen molar-refractivity contribution in [2.45, 2.75) is 37.6 Å². The van der Waals surface area contributed by atoms with Gasteiger partial charge in [-0.3, -0.25) is 4.79 Å². The molecule has 2 aromatic rings. The fraction of sp³-hybridized carbons (Fsp3) is 0.412. The zero-order valence-electron chi connectivity index (χ0n) is 13.5. The van der Waals surface area contributed by atoms with E-state index in [1.54, 1.807) is 17.0 Å². The highest BCUT2D eigenvalue weighted by Crippen LogP contribution is 2.51. The van der Waals surface area contributed by atoms with E-state index in [1.807, 2.05) is 0 Å². The summed E-state index contributed by atoms with van der Waals surface area (Å²) in [4.78, 5) is 25.3. The van der Waals surface area contributed by atoms with E-state index in [1.165, 1.54) is 16.9 Å². The van der Waals surface area contributed by atoms with Crippen LogP contribution in [0.25, 0.3) is 0 Å². The molecular formula is C17H17FN4O3.